The molecule has 1 atom stereocenters. The van der Waals surface area contributed by atoms with Crippen molar-refractivity contribution in [3.05, 3.63) is 71.7 Å². The molecule has 9 heteroatoms. The monoisotopic (exact) mass is 380 g/mol. The molecule has 0 bridgehead atoms. The number of carbonyl (C=O) groups is 2. The van der Waals surface area contributed by atoms with E-state index in [0.717, 1.165) is 4.90 Å². The first-order chi connectivity index (χ1) is 11.9. The molecule has 2 aliphatic rings. The Morgan fingerprint density at radius 1 is 1.38 bits per heavy atom. The third kappa shape index (κ3) is 3.45. The van der Waals surface area contributed by atoms with Gasteiger partial charge in [0.1, 0.15) is 0 Å². The van der Waals surface area contributed by atoms with Gasteiger partial charge in [0.15, 0.2) is 15.2 Å². The number of carboxylic acid groups (broad SMARTS) is 1. The number of pyridine rings is 1. The zero-order valence-electron chi connectivity index (χ0n) is 14.0. The maximum atomic E-state index is 12.6. The fourth-order valence-electron chi connectivity index (χ4n) is 2.81. The van der Waals surface area contributed by atoms with Gasteiger partial charge in [-0.1, -0.05) is 30.9 Å². The third-order valence-corrected chi connectivity index (χ3v) is 5.68. The van der Waals surface area contributed by atoms with E-state index >= 15 is 0 Å². The summed E-state index contributed by atoms with van der Waals surface area (Å²) < 4.78 is 25.1. The number of carbonyl (C=O) groups excluding carboxylic acids is 2. The number of nitrogens with zero attached hydrogens (tertiary/aromatic N) is 2. The minimum atomic E-state index is -3.80. The van der Waals surface area contributed by atoms with Crippen molar-refractivity contribution in [1.29, 1.82) is 0 Å². The second-order valence-electron chi connectivity index (χ2n) is 5.45. The smallest absolute Gasteiger partial charge is 0.543 e. The molecule has 1 aromatic heterocycles. The van der Waals surface area contributed by atoms with Gasteiger partial charge in [-0.2, -0.15) is 0 Å². The van der Waals surface area contributed by atoms with Gasteiger partial charge in [-0.05, 0) is 23.8 Å². The number of hydrogen-bond donors (Lipinski definition) is 0. The second kappa shape index (κ2) is 7.71. The number of sulfone groups is 1. The molecule has 2 aliphatic heterocycles. The molecule has 26 heavy (non-hydrogen) atoms. The van der Waals surface area contributed by atoms with E-state index in [1.54, 1.807) is 18.2 Å². The van der Waals surface area contributed by atoms with Crippen molar-refractivity contribution in [1.82, 2.24) is 9.88 Å². The molecule has 128 valence electrons. The van der Waals surface area contributed by atoms with E-state index in [-0.39, 0.29) is 40.7 Å². The van der Waals surface area contributed by atoms with Crippen LogP contribution in [-0.4, -0.2) is 41.3 Å². The summed E-state index contributed by atoms with van der Waals surface area (Å²) in [5.41, 5.74) is -0.0382. The molecule has 1 fully saturated rings. The summed E-state index contributed by atoms with van der Waals surface area (Å²) in [4.78, 5) is 28.7. The van der Waals surface area contributed by atoms with E-state index in [0.29, 0.717) is 5.69 Å². The van der Waals surface area contributed by atoms with Crippen LogP contribution in [0.1, 0.15) is 5.69 Å². The van der Waals surface area contributed by atoms with Crippen LogP contribution >= 0.6 is 0 Å². The summed E-state index contributed by atoms with van der Waals surface area (Å²) in [6.07, 6.45) is 6.96. The largest absolute Gasteiger partial charge is 1.00 e. The Morgan fingerprint density at radius 3 is 2.69 bits per heavy atom. The topological polar surface area (TPSA) is 107 Å². The molecule has 1 aromatic rings. The number of amides is 1. The molecule has 0 aliphatic carbocycles. The average molecular weight is 380 g/mol. The van der Waals surface area contributed by atoms with E-state index in [4.69, 9.17) is 0 Å². The van der Waals surface area contributed by atoms with Crippen molar-refractivity contribution in [2.24, 2.45) is 0 Å². The average Bonchev–Trinajstić information content (AvgIpc) is 2.57. The van der Waals surface area contributed by atoms with Gasteiger partial charge in [0.05, 0.1) is 28.7 Å². The molecular weight excluding hydrogens is 367 g/mol. The Hall–Kier alpha value is -2.00. The van der Waals surface area contributed by atoms with Crippen LogP contribution in [0.2, 0.25) is 0 Å². The second-order valence-corrected chi connectivity index (χ2v) is 7.51. The number of β-lactam (4-membered cyclic amide) rings is 1. The Morgan fingerprint density at radius 2 is 2.12 bits per heavy atom. The molecule has 0 aromatic carbocycles. The van der Waals surface area contributed by atoms with Crippen LogP contribution in [0.5, 0.6) is 0 Å². The summed E-state index contributed by atoms with van der Waals surface area (Å²) >= 11 is 0. The van der Waals surface area contributed by atoms with E-state index in [1.165, 1.54) is 30.5 Å². The molecule has 0 N–H and O–H groups in total. The van der Waals surface area contributed by atoms with Crippen LogP contribution in [0.15, 0.2) is 66.0 Å². The number of fused-ring (bicyclic) bond motifs is 1. The van der Waals surface area contributed by atoms with Gasteiger partial charge in [-0.3, -0.25) is 14.7 Å². The quantitative estimate of drug-likeness (QED) is 0.236. The van der Waals surface area contributed by atoms with Crippen LogP contribution in [0.25, 0.3) is 6.08 Å². The predicted octanol–water partition coefficient (Wildman–Crippen LogP) is -3.19. The van der Waals surface area contributed by atoms with Crippen molar-refractivity contribution >= 4 is 27.8 Å². The zero-order valence-corrected chi connectivity index (χ0v) is 16.8. The fourth-order valence-corrected chi connectivity index (χ4v) is 4.71. The first kappa shape index (κ1) is 20.3. The van der Waals surface area contributed by atoms with E-state index in [1.807, 2.05) is 0 Å². The summed E-state index contributed by atoms with van der Waals surface area (Å²) in [5.74, 6) is -2.80. The van der Waals surface area contributed by atoms with E-state index < -0.39 is 38.5 Å². The van der Waals surface area contributed by atoms with Crippen LogP contribution in [-0.2, 0) is 19.4 Å². The van der Waals surface area contributed by atoms with E-state index in [2.05, 4.69) is 11.6 Å². The van der Waals surface area contributed by atoms with Gasteiger partial charge in [-0.25, -0.2) is 8.42 Å². The number of allylic oxidation sites excluding steroid dienone is 3. The van der Waals surface area contributed by atoms with Crippen molar-refractivity contribution in [3.63, 3.8) is 0 Å². The summed E-state index contributed by atoms with van der Waals surface area (Å²) in [5, 5.41) is 10.2. The molecule has 1 unspecified atom stereocenters. The Labute approximate surface area is 172 Å². The Bertz CT molecular complexity index is 964. The number of aliphatic carboxylic acids is 1. The summed E-state index contributed by atoms with van der Waals surface area (Å²) in [6.45, 7) is 3.45. The first-order valence-corrected chi connectivity index (χ1v) is 8.99. The van der Waals surface area contributed by atoms with E-state index in [9.17, 15) is 23.1 Å². The van der Waals surface area contributed by atoms with Crippen LogP contribution in [0, 0.1) is 0 Å². The van der Waals surface area contributed by atoms with Crippen LogP contribution < -0.4 is 34.7 Å². The minimum absolute atomic E-state index is 0. The summed E-state index contributed by atoms with van der Waals surface area (Å²) in [6, 6.07) is 5.00. The SMILES string of the molecule is C=C/C=C/C1=C(C(=O)[O-])N2C(=O)/C(=C/c3ccccn3)C2S(=O)(=O)C1.[Na+]. The molecule has 0 saturated carbocycles. The molecule has 3 rings (SSSR count). The Balaban J connectivity index is 0.00000243. The third-order valence-electron chi connectivity index (χ3n) is 3.83. The number of aromatic nitrogens is 1. The summed E-state index contributed by atoms with van der Waals surface area (Å²) in [7, 11) is -3.80. The van der Waals surface area contributed by atoms with Crippen molar-refractivity contribution in [3.8, 4) is 0 Å². The number of rotatable bonds is 4. The van der Waals surface area contributed by atoms with Gasteiger partial charge in [0.25, 0.3) is 5.91 Å². The fraction of sp³-hybridized carbons (Fsp3) is 0.118. The van der Waals surface area contributed by atoms with Gasteiger partial charge in [0.2, 0.25) is 0 Å². The van der Waals surface area contributed by atoms with Gasteiger partial charge in [-0.15, -0.1) is 0 Å². The van der Waals surface area contributed by atoms with Crippen molar-refractivity contribution < 1.29 is 52.7 Å². The minimum Gasteiger partial charge on any atom is -0.543 e. The molecule has 1 amide bonds. The molecule has 1 saturated heterocycles. The van der Waals surface area contributed by atoms with Crippen LogP contribution in [0.3, 0.4) is 0 Å². The van der Waals surface area contributed by atoms with Crippen molar-refractivity contribution in [2.75, 3.05) is 5.75 Å². The van der Waals surface area contributed by atoms with Crippen LogP contribution in [0.4, 0.5) is 0 Å². The van der Waals surface area contributed by atoms with Crippen molar-refractivity contribution in [2.45, 2.75) is 5.37 Å². The van der Waals surface area contributed by atoms with Gasteiger partial charge in [0, 0.05) is 6.20 Å². The normalized spacial score (nSPS) is 22.6. The maximum absolute atomic E-state index is 12.6. The molecule has 3 heterocycles. The number of hydrogen-bond acceptors (Lipinski definition) is 6. The van der Waals surface area contributed by atoms with Gasteiger partial charge >= 0.3 is 29.6 Å². The zero-order chi connectivity index (χ0) is 18.2. The maximum Gasteiger partial charge on any atom is 1.00 e. The molecule has 0 radical (unpaired) electrons. The first-order valence-electron chi connectivity index (χ1n) is 7.28. The predicted molar refractivity (Wildman–Crippen MR) is 88.0 cm³/mol. The molecular formula is C17H13N2NaO5S. The number of carboxylic acids is 1. The van der Waals surface area contributed by atoms with Gasteiger partial charge < -0.3 is 9.90 Å². The molecule has 0 spiro atoms. The molecule has 7 nitrogen and oxygen atoms in total. The standard InChI is InChI=1S/C17H14N2O5S.Na/c1-2-3-6-11-10-25(23,24)16-13(9-12-7-4-5-8-18-12)15(20)19(16)14(11)17(21)22;/h2-9,16H,1,10H2,(H,21,22);/q;+1/p-1/b6-3+,13-9-;. The Kier molecular flexibility index (Phi) is 6.02.